The van der Waals surface area contributed by atoms with Crippen molar-refractivity contribution >= 4 is 34.8 Å². The van der Waals surface area contributed by atoms with Crippen molar-refractivity contribution in [3.8, 4) is 0 Å². The summed E-state index contributed by atoms with van der Waals surface area (Å²) in [4.78, 5) is 39.5. The second-order valence-corrected chi connectivity index (χ2v) is 10.4. The fraction of sp³-hybridized carbons (Fsp3) is 0.387. The Bertz CT molecular complexity index is 1360. The van der Waals surface area contributed by atoms with Crippen LogP contribution in [-0.2, 0) is 30.3 Å². The number of carbonyl (C=O) groups excluding carboxylic acids is 3. The SMILES string of the molecule is C=C1CCC(N2Cc3c(NC(=O)COCCOCCOCC(O)CN/C(=C\N)c4ccc(N)cc4)cccc3C2=O)C(=O)N1. The summed E-state index contributed by atoms with van der Waals surface area (Å²) in [5, 5.41) is 18.8. The topological polar surface area (TPSA) is 190 Å². The van der Waals surface area contributed by atoms with Gasteiger partial charge in [-0.25, -0.2) is 0 Å². The summed E-state index contributed by atoms with van der Waals surface area (Å²) in [5.74, 6) is -0.851. The van der Waals surface area contributed by atoms with Crippen molar-refractivity contribution in [2.75, 3.05) is 57.2 Å². The van der Waals surface area contributed by atoms with E-state index in [1.807, 2.05) is 12.1 Å². The third-order valence-electron chi connectivity index (χ3n) is 7.17. The van der Waals surface area contributed by atoms with Crippen LogP contribution < -0.4 is 27.4 Å². The second kappa shape index (κ2) is 15.9. The lowest BCUT2D eigenvalue weighted by atomic mass is 10.0. The number of anilines is 2. The van der Waals surface area contributed by atoms with E-state index < -0.39 is 12.1 Å². The number of rotatable bonds is 16. The highest BCUT2D eigenvalue weighted by Gasteiger charge is 2.39. The van der Waals surface area contributed by atoms with Crippen LogP contribution >= 0.6 is 0 Å². The van der Waals surface area contributed by atoms with Crippen LogP contribution in [-0.4, -0.2) is 86.1 Å². The quantitative estimate of drug-likeness (QED) is 0.118. The van der Waals surface area contributed by atoms with Gasteiger partial charge in [-0.15, -0.1) is 0 Å². The zero-order chi connectivity index (χ0) is 31.5. The molecule has 2 aromatic rings. The smallest absolute Gasteiger partial charge is 0.255 e. The fourth-order valence-electron chi connectivity index (χ4n) is 4.90. The number of aliphatic hydroxyl groups is 1. The molecule has 1 saturated heterocycles. The molecule has 2 heterocycles. The summed E-state index contributed by atoms with van der Waals surface area (Å²) in [7, 11) is 0. The van der Waals surface area contributed by atoms with Crippen molar-refractivity contribution in [2.45, 2.75) is 31.5 Å². The molecule has 0 spiro atoms. The first-order chi connectivity index (χ1) is 21.3. The lowest BCUT2D eigenvalue weighted by molar-refractivity contribution is -0.126. The van der Waals surface area contributed by atoms with Crippen LogP contribution in [0.2, 0.25) is 0 Å². The zero-order valence-corrected chi connectivity index (χ0v) is 24.6. The van der Waals surface area contributed by atoms with Gasteiger partial charge in [-0.1, -0.05) is 24.8 Å². The molecule has 2 aliphatic rings. The van der Waals surface area contributed by atoms with E-state index in [-0.39, 0.29) is 63.8 Å². The van der Waals surface area contributed by atoms with Crippen LogP contribution in [0.25, 0.3) is 5.70 Å². The molecule has 0 saturated carbocycles. The molecule has 13 nitrogen and oxygen atoms in total. The number of nitrogens with zero attached hydrogens (tertiary/aromatic N) is 1. The predicted molar refractivity (Wildman–Crippen MR) is 165 cm³/mol. The Morgan fingerprint density at radius 2 is 1.84 bits per heavy atom. The molecule has 0 radical (unpaired) electrons. The van der Waals surface area contributed by atoms with Gasteiger partial charge in [0.25, 0.3) is 5.91 Å². The summed E-state index contributed by atoms with van der Waals surface area (Å²) in [5.41, 5.74) is 15.9. The van der Waals surface area contributed by atoms with Crippen molar-refractivity contribution in [1.82, 2.24) is 15.5 Å². The molecule has 0 aliphatic carbocycles. The van der Waals surface area contributed by atoms with Gasteiger partial charge in [0.05, 0.1) is 44.8 Å². The number of hydrogen-bond donors (Lipinski definition) is 6. The average Bonchev–Trinajstić information content (AvgIpc) is 3.34. The summed E-state index contributed by atoms with van der Waals surface area (Å²) < 4.78 is 16.3. The minimum atomic E-state index is -0.750. The van der Waals surface area contributed by atoms with Crippen LogP contribution in [0.5, 0.6) is 0 Å². The third-order valence-corrected chi connectivity index (χ3v) is 7.17. The summed E-state index contributed by atoms with van der Waals surface area (Å²) in [6.07, 6.45) is 1.79. The first-order valence-electron chi connectivity index (χ1n) is 14.4. The molecule has 0 aromatic heterocycles. The summed E-state index contributed by atoms with van der Waals surface area (Å²) >= 11 is 0. The van der Waals surface area contributed by atoms with Gasteiger partial charge < -0.3 is 51.6 Å². The lowest BCUT2D eigenvalue weighted by Crippen LogP contribution is -2.49. The number of allylic oxidation sites excluding steroid dienone is 1. The average molecular weight is 609 g/mol. The molecular weight excluding hydrogens is 568 g/mol. The van der Waals surface area contributed by atoms with Gasteiger partial charge >= 0.3 is 0 Å². The van der Waals surface area contributed by atoms with Crippen LogP contribution in [0.15, 0.2) is 60.9 Å². The number of nitrogens with two attached hydrogens (primary N) is 2. The molecule has 2 aliphatic heterocycles. The molecule has 8 N–H and O–H groups in total. The number of nitrogen functional groups attached to an aromatic ring is 1. The molecule has 4 rings (SSSR count). The molecule has 1 fully saturated rings. The Hall–Kier alpha value is -4.43. The first kappa shape index (κ1) is 32.5. The van der Waals surface area contributed by atoms with Crippen molar-refractivity contribution in [2.24, 2.45) is 5.73 Å². The third kappa shape index (κ3) is 8.80. The van der Waals surface area contributed by atoms with Crippen molar-refractivity contribution in [3.63, 3.8) is 0 Å². The van der Waals surface area contributed by atoms with Gasteiger partial charge in [0, 0.05) is 47.5 Å². The minimum Gasteiger partial charge on any atom is -0.403 e. The van der Waals surface area contributed by atoms with E-state index in [1.165, 1.54) is 11.1 Å². The van der Waals surface area contributed by atoms with Gasteiger partial charge in [-0.05, 0) is 42.7 Å². The normalized spacial score (nSPS) is 17.3. The highest BCUT2D eigenvalue weighted by molar-refractivity contribution is 6.04. The van der Waals surface area contributed by atoms with Crippen LogP contribution in [0.3, 0.4) is 0 Å². The van der Waals surface area contributed by atoms with Crippen molar-refractivity contribution in [3.05, 3.63) is 77.6 Å². The monoisotopic (exact) mass is 608 g/mol. The van der Waals surface area contributed by atoms with Crippen molar-refractivity contribution < 1.29 is 33.7 Å². The number of amides is 3. The van der Waals surface area contributed by atoms with Gasteiger partial charge in [-0.2, -0.15) is 0 Å². The molecule has 2 atom stereocenters. The first-order valence-corrected chi connectivity index (χ1v) is 14.4. The van der Waals surface area contributed by atoms with E-state index in [2.05, 4.69) is 22.5 Å². The molecule has 13 heteroatoms. The second-order valence-electron chi connectivity index (χ2n) is 10.4. The number of benzene rings is 2. The Balaban J connectivity index is 1.07. The number of nitrogens with one attached hydrogen (secondary N) is 3. The number of hydrogen-bond acceptors (Lipinski definition) is 10. The number of piperidine rings is 1. The molecule has 2 aromatic carbocycles. The van der Waals surface area contributed by atoms with E-state index in [9.17, 15) is 19.5 Å². The highest BCUT2D eigenvalue weighted by atomic mass is 16.5. The molecule has 236 valence electrons. The highest BCUT2D eigenvalue weighted by Crippen LogP contribution is 2.32. The number of fused-ring (bicyclic) bond motifs is 1. The lowest BCUT2D eigenvalue weighted by Gasteiger charge is -2.31. The fourth-order valence-corrected chi connectivity index (χ4v) is 4.90. The Kier molecular flexibility index (Phi) is 11.7. The van der Waals surface area contributed by atoms with Gasteiger partial charge in [0.15, 0.2) is 0 Å². The van der Waals surface area contributed by atoms with E-state index in [0.717, 1.165) is 5.56 Å². The largest absolute Gasteiger partial charge is 0.403 e. The van der Waals surface area contributed by atoms with Gasteiger partial charge in [0.2, 0.25) is 11.8 Å². The maximum Gasteiger partial charge on any atom is 0.255 e. The number of ether oxygens (including phenoxy) is 3. The Labute approximate surface area is 256 Å². The molecular formula is C31H40N6O7. The number of carbonyl (C=O) groups is 3. The van der Waals surface area contributed by atoms with E-state index in [4.69, 9.17) is 25.7 Å². The van der Waals surface area contributed by atoms with Gasteiger partial charge in [-0.3, -0.25) is 14.4 Å². The van der Waals surface area contributed by atoms with Crippen molar-refractivity contribution in [1.29, 1.82) is 0 Å². The van der Waals surface area contributed by atoms with Crippen LogP contribution in [0.4, 0.5) is 11.4 Å². The van der Waals surface area contributed by atoms with Crippen LogP contribution in [0.1, 0.15) is 34.3 Å². The molecule has 0 bridgehead atoms. The molecule has 2 unspecified atom stereocenters. The molecule has 3 amide bonds. The summed E-state index contributed by atoms with van der Waals surface area (Å²) in [6, 6.07) is 11.7. The molecule has 44 heavy (non-hydrogen) atoms. The van der Waals surface area contributed by atoms with E-state index in [0.29, 0.717) is 53.3 Å². The van der Waals surface area contributed by atoms with E-state index in [1.54, 1.807) is 30.3 Å². The Morgan fingerprint density at radius 3 is 2.57 bits per heavy atom. The predicted octanol–water partition coefficient (Wildman–Crippen LogP) is 0.913. The number of aliphatic hydroxyl groups excluding tert-OH is 1. The summed E-state index contributed by atoms with van der Waals surface area (Å²) in [6.45, 7) is 5.21. The van der Waals surface area contributed by atoms with E-state index >= 15 is 0 Å². The Morgan fingerprint density at radius 1 is 1.11 bits per heavy atom. The van der Waals surface area contributed by atoms with Gasteiger partial charge in [0.1, 0.15) is 12.6 Å². The maximum absolute atomic E-state index is 13.0. The van der Waals surface area contributed by atoms with Crippen LogP contribution in [0, 0.1) is 0 Å². The zero-order valence-electron chi connectivity index (χ0n) is 24.6. The maximum atomic E-state index is 13.0. The minimum absolute atomic E-state index is 0.114. The standard InChI is InChI=1S/C31H40N6O7/c1-20-5-10-28(30(40)35-20)37-17-25-24(31(37)41)3-2-4-26(25)36-29(39)19-44-14-12-42-11-13-43-18-23(38)16-34-27(15-32)21-6-8-22(33)9-7-21/h2-4,6-9,15,23,28,34,38H,1,5,10-14,16-19,32-33H2,(H,35,40)(H,36,39)/b27-15-.